The molecule has 1 aliphatic rings. The van der Waals surface area contributed by atoms with Crippen LogP contribution in [0.5, 0.6) is 0 Å². The highest BCUT2D eigenvalue weighted by atomic mass is 79.9. The van der Waals surface area contributed by atoms with Gasteiger partial charge in [0, 0.05) is 5.25 Å². The van der Waals surface area contributed by atoms with E-state index in [2.05, 4.69) is 15.9 Å². The van der Waals surface area contributed by atoms with E-state index >= 15 is 0 Å². The van der Waals surface area contributed by atoms with E-state index in [0.717, 1.165) is 16.6 Å². The Bertz CT molecular complexity index is 294. The fourth-order valence-corrected chi connectivity index (χ4v) is 3.45. The molecule has 0 amide bonds. The van der Waals surface area contributed by atoms with Crippen LogP contribution in [-0.4, -0.2) is 16.1 Å². The fourth-order valence-electron chi connectivity index (χ4n) is 1.70. The molecule has 2 atom stereocenters. The first kappa shape index (κ1) is 10.6. The molecule has 2 unspecified atom stereocenters. The van der Waals surface area contributed by atoms with Gasteiger partial charge in [-0.15, -0.1) is 0 Å². The monoisotopic (exact) mass is 276 g/mol. The molecule has 1 N–H and O–H groups in total. The molecule has 1 fully saturated rings. The molecule has 0 spiro atoms. The van der Waals surface area contributed by atoms with E-state index in [-0.39, 0.29) is 0 Å². The Balaban J connectivity index is 2.07. The number of aliphatic hydroxyl groups excluding tert-OH is 1. The van der Waals surface area contributed by atoms with Crippen LogP contribution in [0.15, 0.2) is 21.2 Å². The molecule has 1 aromatic rings. The van der Waals surface area contributed by atoms with Gasteiger partial charge in [0.1, 0.15) is 11.9 Å². The molecule has 1 saturated heterocycles. The standard InChI is InChI=1S/C10H13BrO2S/c11-7-4-5-13-10(7)9(12)8-3-1-2-6-14-8/h4-5,8-9,12H,1-3,6H2. The summed E-state index contributed by atoms with van der Waals surface area (Å²) in [6, 6.07) is 1.83. The third kappa shape index (κ3) is 2.18. The van der Waals surface area contributed by atoms with Crippen LogP contribution in [0.4, 0.5) is 0 Å². The molecular weight excluding hydrogens is 264 g/mol. The summed E-state index contributed by atoms with van der Waals surface area (Å²) in [5.41, 5.74) is 0. The number of hydrogen-bond donors (Lipinski definition) is 1. The van der Waals surface area contributed by atoms with E-state index in [1.54, 1.807) is 6.26 Å². The second-order valence-corrected chi connectivity index (χ2v) is 5.68. The average molecular weight is 277 g/mol. The molecule has 78 valence electrons. The van der Waals surface area contributed by atoms with Crippen LogP contribution in [-0.2, 0) is 0 Å². The Hall–Kier alpha value is 0.0700. The van der Waals surface area contributed by atoms with Gasteiger partial charge in [-0.25, -0.2) is 0 Å². The fraction of sp³-hybridized carbons (Fsp3) is 0.600. The lowest BCUT2D eigenvalue weighted by Gasteiger charge is -2.24. The molecule has 1 aliphatic heterocycles. The van der Waals surface area contributed by atoms with Crippen molar-refractivity contribution in [2.24, 2.45) is 0 Å². The van der Waals surface area contributed by atoms with Crippen LogP contribution in [0.1, 0.15) is 31.1 Å². The van der Waals surface area contributed by atoms with E-state index in [1.807, 2.05) is 17.8 Å². The maximum absolute atomic E-state index is 10.1. The molecule has 14 heavy (non-hydrogen) atoms. The summed E-state index contributed by atoms with van der Waals surface area (Å²) >= 11 is 5.22. The molecule has 2 heterocycles. The molecule has 2 rings (SSSR count). The van der Waals surface area contributed by atoms with Crippen LogP contribution >= 0.6 is 27.7 Å². The molecule has 2 nitrogen and oxygen atoms in total. The van der Waals surface area contributed by atoms with Gasteiger partial charge in [-0.1, -0.05) is 6.42 Å². The lowest BCUT2D eigenvalue weighted by atomic mass is 10.1. The zero-order chi connectivity index (χ0) is 9.97. The van der Waals surface area contributed by atoms with Crippen LogP contribution in [0.25, 0.3) is 0 Å². The van der Waals surface area contributed by atoms with Crippen LogP contribution in [0.3, 0.4) is 0 Å². The minimum Gasteiger partial charge on any atom is -0.465 e. The van der Waals surface area contributed by atoms with Crippen molar-refractivity contribution in [1.29, 1.82) is 0 Å². The zero-order valence-corrected chi connectivity index (χ0v) is 10.2. The van der Waals surface area contributed by atoms with Crippen molar-refractivity contribution in [3.05, 3.63) is 22.6 Å². The Morgan fingerprint density at radius 1 is 1.57 bits per heavy atom. The number of hydrogen-bond acceptors (Lipinski definition) is 3. The van der Waals surface area contributed by atoms with E-state index < -0.39 is 6.10 Å². The number of furan rings is 1. The summed E-state index contributed by atoms with van der Waals surface area (Å²) in [5, 5.41) is 10.4. The van der Waals surface area contributed by atoms with Gasteiger partial charge in [0.2, 0.25) is 0 Å². The van der Waals surface area contributed by atoms with Gasteiger partial charge in [0.05, 0.1) is 10.7 Å². The Labute approximate surface area is 96.2 Å². The normalized spacial score (nSPS) is 24.9. The molecule has 0 aliphatic carbocycles. The Morgan fingerprint density at radius 3 is 3.00 bits per heavy atom. The highest BCUT2D eigenvalue weighted by Gasteiger charge is 2.27. The van der Waals surface area contributed by atoms with Gasteiger partial charge >= 0.3 is 0 Å². The van der Waals surface area contributed by atoms with Crippen molar-refractivity contribution >= 4 is 27.7 Å². The number of aliphatic hydroxyl groups is 1. The van der Waals surface area contributed by atoms with Gasteiger partial charge in [0.25, 0.3) is 0 Å². The van der Waals surface area contributed by atoms with Crippen molar-refractivity contribution in [3.63, 3.8) is 0 Å². The summed E-state index contributed by atoms with van der Waals surface area (Å²) in [6.07, 6.45) is 4.71. The van der Waals surface area contributed by atoms with Crippen LogP contribution < -0.4 is 0 Å². The predicted molar refractivity (Wildman–Crippen MR) is 61.5 cm³/mol. The van der Waals surface area contributed by atoms with Gasteiger partial charge in [-0.05, 0) is 40.6 Å². The molecule has 0 bridgehead atoms. The van der Waals surface area contributed by atoms with Crippen molar-refractivity contribution in [1.82, 2.24) is 0 Å². The summed E-state index contributed by atoms with van der Waals surface area (Å²) < 4.78 is 6.14. The smallest absolute Gasteiger partial charge is 0.147 e. The summed E-state index contributed by atoms with van der Waals surface area (Å²) in [4.78, 5) is 0. The maximum Gasteiger partial charge on any atom is 0.147 e. The lowest BCUT2D eigenvalue weighted by molar-refractivity contribution is 0.141. The van der Waals surface area contributed by atoms with Crippen LogP contribution in [0.2, 0.25) is 0 Å². The van der Waals surface area contributed by atoms with Gasteiger partial charge < -0.3 is 9.52 Å². The first-order valence-electron chi connectivity index (χ1n) is 4.81. The lowest BCUT2D eigenvalue weighted by Crippen LogP contribution is -2.18. The molecule has 0 radical (unpaired) electrons. The molecule has 0 saturated carbocycles. The first-order chi connectivity index (χ1) is 6.79. The minimum atomic E-state index is -0.468. The molecule has 1 aromatic heterocycles. The quantitative estimate of drug-likeness (QED) is 0.899. The Kier molecular flexibility index (Phi) is 3.57. The second-order valence-electron chi connectivity index (χ2n) is 3.48. The largest absolute Gasteiger partial charge is 0.465 e. The zero-order valence-electron chi connectivity index (χ0n) is 7.78. The van der Waals surface area contributed by atoms with Crippen molar-refractivity contribution in [2.75, 3.05) is 5.75 Å². The van der Waals surface area contributed by atoms with Crippen molar-refractivity contribution in [2.45, 2.75) is 30.6 Å². The third-order valence-electron chi connectivity index (χ3n) is 2.48. The van der Waals surface area contributed by atoms with Crippen molar-refractivity contribution < 1.29 is 9.52 Å². The van der Waals surface area contributed by atoms with Gasteiger partial charge in [-0.3, -0.25) is 0 Å². The minimum absolute atomic E-state index is 0.297. The molecular formula is C10H13BrO2S. The summed E-state index contributed by atoms with van der Waals surface area (Å²) in [6.45, 7) is 0. The first-order valence-corrected chi connectivity index (χ1v) is 6.66. The number of halogens is 1. The number of rotatable bonds is 2. The molecule has 4 heteroatoms. The van der Waals surface area contributed by atoms with E-state index in [9.17, 15) is 5.11 Å². The van der Waals surface area contributed by atoms with E-state index in [1.165, 1.54) is 12.8 Å². The highest BCUT2D eigenvalue weighted by Crippen LogP contribution is 2.37. The maximum atomic E-state index is 10.1. The van der Waals surface area contributed by atoms with E-state index in [0.29, 0.717) is 11.0 Å². The van der Waals surface area contributed by atoms with Gasteiger partial charge in [-0.2, -0.15) is 11.8 Å². The number of thioether (sulfide) groups is 1. The van der Waals surface area contributed by atoms with Gasteiger partial charge in [0.15, 0.2) is 0 Å². The topological polar surface area (TPSA) is 33.4 Å². The second kappa shape index (κ2) is 4.73. The summed E-state index contributed by atoms with van der Waals surface area (Å²) in [7, 11) is 0. The van der Waals surface area contributed by atoms with Crippen molar-refractivity contribution in [3.8, 4) is 0 Å². The average Bonchev–Trinajstić information content (AvgIpc) is 2.65. The molecule has 0 aromatic carbocycles. The predicted octanol–water partition coefficient (Wildman–Crippen LogP) is 3.36. The highest BCUT2D eigenvalue weighted by molar-refractivity contribution is 9.10. The SMILES string of the molecule is OC(c1occc1Br)C1CCCCS1. The summed E-state index contributed by atoms with van der Waals surface area (Å²) in [5.74, 6) is 1.82. The van der Waals surface area contributed by atoms with E-state index in [4.69, 9.17) is 4.42 Å². The Morgan fingerprint density at radius 2 is 2.43 bits per heavy atom. The van der Waals surface area contributed by atoms with Crippen LogP contribution in [0, 0.1) is 0 Å². The third-order valence-corrected chi connectivity index (χ3v) is 4.58.